The lowest BCUT2D eigenvalue weighted by molar-refractivity contribution is 0.292. The first-order valence-corrected chi connectivity index (χ1v) is 2.64. The van der Waals surface area contributed by atoms with Crippen molar-refractivity contribution in [1.29, 1.82) is 0 Å². The highest BCUT2D eigenvalue weighted by molar-refractivity contribution is 4.84. The zero-order chi connectivity index (χ0) is 5.49. The first kappa shape index (κ1) is 5.06. The Morgan fingerprint density at radius 3 is 1.86 bits per heavy atom. The molecule has 0 aromatic carbocycles. The van der Waals surface area contributed by atoms with Gasteiger partial charge in [-0.25, -0.2) is 0 Å². The first-order chi connectivity index (χ1) is 3.11. The Morgan fingerprint density at radius 2 is 1.86 bits per heavy atom. The largest absolute Gasteiger partial charge is 0.314 e. The number of hydrogen-bond donors (Lipinski definition) is 1. The standard InChI is InChI=1S/C5H12N2/c1-5(2,6)7-3-4-7/h3-4,6H2,1-2H3. The van der Waals surface area contributed by atoms with Gasteiger partial charge in [0.2, 0.25) is 0 Å². The Bertz CT molecular complexity index is 68.6. The maximum absolute atomic E-state index is 5.67. The van der Waals surface area contributed by atoms with Gasteiger partial charge >= 0.3 is 0 Å². The predicted octanol–water partition coefficient (Wildman–Crippen LogP) is -0.00320. The lowest BCUT2D eigenvalue weighted by Gasteiger charge is -2.18. The van der Waals surface area contributed by atoms with E-state index in [9.17, 15) is 0 Å². The van der Waals surface area contributed by atoms with Crippen LogP contribution in [0.4, 0.5) is 0 Å². The second-order valence-electron chi connectivity index (χ2n) is 2.64. The van der Waals surface area contributed by atoms with E-state index < -0.39 is 0 Å². The Balaban J connectivity index is 2.36. The molecule has 0 spiro atoms. The summed E-state index contributed by atoms with van der Waals surface area (Å²) in [6.07, 6.45) is 0. The second kappa shape index (κ2) is 1.20. The Hall–Kier alpha value is -0.0800. The van der Waals surface area contributed by atoms with Gasteiger partial charge in [0.25, 0.3) is 0 Å². The zero-order valence-electron chi connectivity index (χ0n) is 4.94. The second-order valence-corrected chi connectivity index (χ2v) is 2.64. The Labute approximate surface area is 44.3 Å². The molecular formula is C5H12N2. The summed E-state index contributed by atoms with van der Waals surface area (Å²) >= 11 is 0. The molecule has 0 bridgehead atoms. The molecule has 42 valence electrons. The van der Waals surface area contributed by atoms with Gasteiger partial charge in [-0.1, -0.05) is 0 Å². The van der Waals surface area contributed by atoms with Crippen molar-refractivity contribution in [2.75, 3.05) is 13.1 Å². The molecule has 1 rings (SSSR count). The molecule has 0 amide bonds. The molecule has 2 N–H and O–H groups in total. The SMILES string of the molecule is CC(C)(N)N1CC1. The molecule has 1 aliphatic rings. The number of rotatable bonds is 1. The van der Waals surface area contributed by atoms with Crippen LogP contribution in [-0.2, 0) is 0 Å². The molecule has 0 radical (unpaired) electrons. The summed E-state index contributed by atoms with van der Waals surface area (Å²) in [5.74, 6) is 0. The lowest BCUT2D eigenvalue weighted by Crippen LogP contribution is -2.40. The van der Waals surface area contributed by atoms with Gasteiger partial charge in [0.1, 0.15) is 0 Å². The fourth-order valence-corrected chi connectivity index (χ4v) is 0.626. The summed E-state index contributed by atoms with van der Waals surface area (Å²) in [5.41, 5.74) is 5.61. The summed E-state index contributed by atoms with van der Waals surface area (Å²) in [4.78, 5) is 2.22. The smallest absolute Gasteiger partial charge is 0.0630 e. The quantitative estimate of drug-likeness (QED) is 0.470. The molecule has 1 saturated heterocycles. The fraction of sp³-hybridized carbons (Fsp3) is 1.00. The molecular weight excluding hydrogens is 88.1 g/mol. The molecule has 0 atom stereocenters. The van der Waals surface area contributed by atoms with Gasteiger partial charge in [-0.05, 0) is 13.8 Å². The first-order valence-electron chi connectivity index (χ1n) is 2.64. The molecule has 0 unspecified atom stereocenters. The average molecular weight is 100 g/mol. The third-order valence-corrected chi connectivity index (χ3v) is 1.26. The van der Waals surface area contributed by atoms with Gasteiger partial charge in [0, 0.05) is 13.1 Å². The van der Waals surface area contributed by atoms with E-state index in [0.717, 1.165) is 0 Å². The van der Waals surface area contributed by atoms with Crippen LogP contribution in [0.3, 0.4) is 0 Å². The minimum Gasteiger partial charge on any atom is -0.314 e. The van der Waals surface area contributed by atoms with Crippen LogP contribution in [0.25, 0.3) is 0 Å². The van der Waals surface area contributed by atoms with E-state index in [1.165, 1.54) is 13.1 Å². The van der Waals surface area contributed by atoms with Crippen LogP contribution in [0.15, 0.2) is 0 Å². The lowest BCUT2D eigenvalue weighted by atomic mass is 10.3. The van der Waals surface area contributed by atoms with Crippen molar-refractivity contribution in [3.05, 3.63) is 0 Å². The summed E-state index contributed by atoms with van der Waals surface area (Å²) < 4.78 is 0. The van der Waals surface area contributed by atoms with E-state index in [1.54, 1.807) is 0 Å². The fourth-order valence-electron chi connectivity index (χ4n) is 0.626. The third-order valence-electron chi connectivity index (χ3n) is 1.26. The van der Waals surface area contributed by atoms with Gasteiger partial charge in [-0.2, -0.15) is 0 Å². The summed E-state index contributed by atoms with van der Waals surface area (Å²) in [7, 11) is 0. The monoisotopic (exact) mass is 100 g/mol. The predicted molar refractivity (Wildman–Crippen MR) is 29.8 cm³/mol. The van der Waals surface area contributed by atoms with Crippen molar-refractivity contribution < 1.29 is 0 Å². The molecule has 0 saturated carbocycles. The third kappa shape index (κ3) is 1.14. The minimum atomic E-state index is -0.0556. The van der Waals surface area contributed by atoms with Gasteiger partial charge in [-0.15, -0.1) is 0 Å². The van der Waals surface area contributed by atoms with Crippen LogP contribution in [0.5, 0.6) is 0 Å². The minimum absolute atomic E-state index is 0.0556. The van der Waals surface area contributed by atoms with Gasteiger partial charge in [-0.3, -0.25) is 4.90 Å². The van der Waals surface area contributed by atoms with Crippen molar-refractivity contribution in [3.63, 3.8) is 0 Å². The molecule has 2 heteroatoms. The normalized spacial score (nSPS) is 22.7. The van der Waals surface area contributed by atoms with Gasteiger partial charge in [0.05, 0.1) is 5.66 Å². The van der Waals surface area contributed by atoms with Crippen molar-refractivity contribution >= 4 is 0 Å². The van der Waals surface area contributed by atoms with Crippen LogP contribution in [0.2, 0.25) is 0 Å². The molecule has 2 nitrogen and oxygen atoms in total. The number of nitrogens with two attached hydrogens (primary N) is 1. The topological polar surface area (TPSA) is 29.0 Å². The van der Waals surface area contributed by atoms with Crippen molar-refractivity contribution in [3.8, 4) is 0 Å². The Morgan fingerprint density at radius 1 is 1.43 bits per heavy atom. The van der Waals surface area contributed by atoms with Crippen molar-refractivity contribution in [2.24, 2.45) is 5.73 Å². The van der Waals surface area contributed by atoms with E-state index in [0.29, 0.717) is 0 Å². The summed E-state index contributed by atoms with van der Waals surface area (Å²) in [6.45, 7) is 6.42. The van der Waals surface area contributed by atoms with E-state index in [1.807, 2.05) is 13.8 Å². The zero-order valence-corrected chi connectivity index (χ0v) is 4.94. The van der Waals surface area contributed by atoms with Crippen LogP contribution >= 0.6 is 0 Å². The van der Waals surface area contributed by atoms with Crippen LogP contribution < -0.4 is 5.73 Å². The van der Waals surface area contributed by atoms with Crippen LogP contribution in [0.1, 0.15) is 13.8 Å². The maximum Gasteiger partial charge on any atom is 0.0630 e. The molecule has 7 heavy (non-hydrogen) atoms. The number of hydrogen-bond acceptors (Lipinski definition) is 2. The highest BCUT2D eigenvalue weighted by atomic mass is 15.4. The van der Waals surface area contributed by atoms with E-state index in [4.69, 9.17) is 5.73 Å². The highest BCUT2D eigenvalue weighted by Gasteiger charge is 2.30. The molecule has 0 aliphatic carbocycles. The van der Waals surface area contributed by atoms with Crippen molar-refractivity contribution in [1.82, 2.24) is 4.90 Å². The molecule has 1 fully saturated rings. The van der Waals surface area contributed by atoms with Crippen LogP contribution in [-0.4, -0.2) is 23.7 Å². The molecule has 0 aromatic rings. The summed E-state index contributed by atoms with van der Waals surface area (Å²) in [5, 5.41) is 0. The van der Waals surface area contributed by atoms with Gasteiger partial charge < -0.3 is 5.73 Å². The molecule has 0 aromatic heterocycles. The Kier molecular flexibility index (Phi) is 0.869. The van der Waals surface area contributed by atoms with Crippen molar-refractivity contribution in [2.45, 2.75) is 19.5 Å². The van der Waals surface area contributed by atoms with Gasteiger partial charge in [0.15, 0.2) is 0 Å². The van der Waals surface area contributed by atoms with E-state index in [2.05, 4.69) is 4.90 Å². The van der Waals surface area contributed by atoms with Crippen LogP contribution in [0, 0.1) is 0 Å². The highest BCUT2D eigenvalue weighted by Crippen LogP contribution is 2.14. The molecule has 1 aliphatic heterocycles. The molecule has 1 heterocycles. The van der Waals surface area contributed by atoms with E-state index in [-0.39, 0.29) is 5.66 Å². The number of nitrogens with zero attached hydrogens (tertiary/aromatic N) is 1. The maximum atomic E-state index is 5.67. The summed E-state index contributed by atoms with van der Waals surface area (Å²) in [6, 6.07) is 0. The average Bonchev–Trinajstić information content (AvgIpc) is 1.99. The van der Waals surface area contributed by atoms with E-state index >= 15 is 0 Å².